The SMILES string of the molecule is CC(C)c1ccc([C@](O)(c2cncc(-c3cc(CC4(O)CCCCC4)[nH]n3)c2)C2(C)CN(C)C2)cc1. The molecule has 3 aromatic rings. The van der Waals surface area contributed by atoms with Crippen LogP contribution in [0, 0.1) is 5.41 Å². The molecule has 3 heterocycles. The molecule has 2 fully saturated rings. The number of H-pyrrole nitrogens is 1. The van der Waals surface area contributed by atoms with Crippen molar-refractivity contribution in [1.29, 1.82) is 0 Å². The summed E-state index contributed by atoms with van der Waals surface area (Å²) in [6.07, 6.45) is 9.22. The quantitative estimate of drug-likeness (QED) is 0.435. The minimum Gasteiger partial charge on any atom is -0.389 e. The summed E-state index contributed by atoms with van der Waals surface area (Å²) in [7, 11) is 2.09. The third-order valence-electron chi connectivity index (χ3n) is 8.49. The lowest BCUT2D eigenvalue weighted by Gasteiger charge is -2.55. The standard InChI is InChI=1S/C30H40N4O2/c1-21(2)22-8-10-24(11-9-22)30(36,28(3)19-34(4)20-28)25-14-23(17-31-18-25)27-15-26(32-33-27)16-29(35)12-6-5-7-13-29/h8-11,14-15,17-18,21,35-36H,5-7,12-13,16,19-20H2,1-4H3,(H,32,33)/t30-/m0/s1. The molecule has 0 amide bonds. The molecule has 1 aliphatic heterocycles. The molecule has 1 saturated carbocycles. The maximum Gasteiger partial charge on any atom is 0.124 e. The maximum atomic E-state index is 12.5. The molecule has 1 atom stereocenters. The van der Waals surface area contributed by atoms with Gasteiger partial charge in [0, 0.05) is 54.1 Å². The fourth-order valence-corrected chi connectivity index (χ4v) is 6.47. The van der Waals surface area contributed by atoms with Crippen molar-refractivity contribution in [2.45, 2.75) is 76.4 Å². The summed E-state index contributed by atoms with van der Waals surface area (Å²) in [5.41, 5.74) is 3.34. The van der Waals surface area contributed by atoms with E-state index in [0.717, 1.165) is 66.9 Å². The Balaban J connectivity index is 1.48. The van der Waals surface area contributed by atoms with E-state index in [2.05, 4.69) is 72.2 Å². The van der Waals surface area contributed by atoms with E-state index in [0.29, 0.717) is 12.3 Å². The number of rotatable bonds is 7. The summed E-state index contributed by atoms with van der Waals surface area (Å²) in [4.78, 5) is 6.79. The second-order valence-electron chi connectivity index (χ2n) is 11.9. The van der Waals surface area contributed by atoms with E-state index >= 15 is 0 Å². The average Bonchev–Trinajstić information content (AvgIpc) is 3.31. The third kappa shape index (κ3) is 4.51. The Kier molecular flexibility index (Phi) is 6.56. The number of nitrogens with zero attached hydrogens (tertiary/aromatic N) is 3. The molecule has 6 heteroatoms. The first kappa shape index (κ1) is 25.1. The van der Waals surface area contributed by atoms with Gasteiger partial charge in [-0.25, -0.2) is 0 Å². The van der Waals surface area contributed by atoms with Gasteiger partial charge in [-0.1, -0.05) is 64.3 Å². The second kappa shape index (κ2) is 9.40. The summed E-state index contributed by atoms with van der Waals surface area (Å²) in [5.74, 6) is 0.433. The zero-order chi connectivity index (χ0) is 25.6. The Morgan fingerprint density at radius 2 is 1.72 bits per heavy atom. The molecule has 1 aliphatic carbocycles. The highest BCUT2D eigenvalue weighted by atomic mass is 16.3. The maximum absolute atomic E-state index is 12.5. The Hall–Kier alpha value is -2.54. The minimum atomic E-state index is -1.19. The summed E-state index contributed by atoms with van der Waals surface area (Å²) in [5, 5.41) is 31.1. The Bertz CT molecular complexity index is 1190. The van der Waals surface area contributed by atoms with Gasteiger partial charge in [0.2, 0.25) is 0 Å². The highest BCUT2D eigenvalue weighted by Crippen LogP contribution is 2.50. The van der Waals surface area contributed by atoms with Gasteiger partial charge in [0.25, 0.3) is 0 Å². The van der Waals surface area contributed by atoms with Crippen molar-refractivity contribution < 1.29 is 10.2 Å². The lowest BCUT2D eigenvalue weighted by molar-refractivity contribution is -0.127. The van der Waals surface area contributed by atoms with E-state index in [1.54, 1.807) is 12.4 Å². The number of hydrogen-bond acceptors (Lipinski definition) is 5. The number of pyridine rings is 1. The number of nitrogens with one attached hydrogen (secondary N) is 1. The fourth-order valence-electron chi connectivity index (χ4n) is 6.47. The van der Waals surface area contributed by atoms with E-state index in [9.17, 15) is 10.2 Å². The minimum absolute atomic E-state index is 0.345. The molecule has 3 N–H and O–H groups in total. The van der Waals surface area contributed by atoms with Gasteiger partial charge in [-0.05, 0) is 49.1 Å². The molecule has 0 radical (unpaired) electrons. The molecule has 0 spiro atoms. The van der Waals surface area contributed by atoms with Crippen molar-refractivity contribution in [3.8, 4) is 11.3 Å². The van der Waals surface area contributed by atoms with Crippen LogP contribution in [0.5, 0.6) is 0 Å². The van der Waals surface area contributed by atoms with Crippen LogP contribution in [-0.2, 0) is 12.0 Å². The molecule has 1 saturated heterocycles. The van der Waals surface area contributed by atoms with Crippen molar-refractivity contribution in [1.82, 2.24) is 20.1 Å². The van der Waals surface area contributed by atoms with Gasteiger partial charge < -0.3 is 15.1 Å². The van der Waals surface area contributed by atoms with Gasteiger partial charge in [-0.15, -0.1) is 0 Å². The van der Waals surface area contributed by atoms with Gasteiger partial charge in [0.15, 0.2) is 0 Å². The normalized spacial score (nSPS) is 21.2. The monoisotopic (exact) mass is 488 g/mol. The molecule has 5 rings (SSSR count). The fraction of sp³-hybridized carbons (Fsp3) is 0.533. The van der Waals surface area contributed by atoms with Crippen molar-refractivity contribution in [2.24, 2.45) is 5.41 Å². The second-order valence-corrected chi connectivity index (χ2v) is 11.9. The molecule has 1 aromatic carbocycles. The van der Waals surface area contributed by atoms with Crippen LogP contribution < -0.4 is 0 Å². The molecule has 0 bridgehead atoms. The van der Waals surface area contributed by atoms with Gasteiger partial charge in [0.1, 0.15) is 5.60 Å². The van der Waals surface area contributed by atoms with Gasteiger partial charge in [-0.2, -0.15) is 5.10 Å². The average molecular weight is 489 g/mol. The summed E-state index contributed by atoms with van der Waals surface area (Å²) in [6, 6.07) is 12.4. The van der Waals surface area contributed by atoms with Crippen LogP contribution in [0.3, 0.4) is 0 Å². The van der Waals surface area contributed by atoms with Gasteiger partial charge >= 0.3 is 0 Å². The molecule has 192 valence electrons. The van der Waals surface area contributed by atoms with Gasteiger partial charge in [0.05, 0.1) is 11.3 Å². The number of benzene rings is 1. The molecule has 36 heavy (non-hydrogen) atoms. The Morgan fingerprint density at radius 3 is 2.36 bits per heavy atom. The first-order valence-corrected chi connectivity index (χ1v) is 13.4. The number of hydrogen-bond donors (Lipinski definition) is 3. The van der Waals surface area contributed by atoms with Gasteiger partial charge in [-0.3, -0.25) is 10.1 Å². The Morgan fingerprint density at radius 1 is 1.03 bits per heavy atom. The largest absolute Gasteiger partial charge is 0.389 e. The van der Waals surface area contributed by atoms with Crippen molar-refractivity contribution in [3.63, 3.8) is 0 Å². The first-order valence-electron chi connectivity index (χ1n) is 13.4. The predicted octanol–water partition coefficient (Wildman–Crippen LogP) is 5.02. The predicted molar refractivity (Wildman–Crippen MR) is 143 cm³/mol. The topological polar surface area (TPSA) is 85.3 Å². The number of likely N-dealkylation sites (tertiary alicyclic amines) is 1. The van der Waals surface area contributed by atoms with Crippen molar-refractivity contribution in [3.05, 3.63) is 71.2 Å². The van der Waals surface area contributed by atoms with E-state index in [-0.39, 0.29) is 5.41 Å². The number of aromatic nitrogens is 3. The summed E-state index contributed by atoms with van der Waals surface area (Å²) in [6.45, 7) is 8.12. The molecule has 2 aromatic heterocycles. The van der Waals surface area contributed by atoms with E-state index in [1.807, 2.05) is 12.1 Å². The molecule has 0 unspecified atom stereocenters. The lowest BCUT2D eigenvalue weighted by atomic mass is 9.62. The highest BCUT2D eigenvalue weighted by Gasteiger charge is 2.55. The first-order chi connectivity index (χ1) is 17.1. The zero-order valence-corrected chi connectivity index (χ0v) is 22.1. The zero-order valence-electron chi connectivity index (χ0n) is 22.1. The summed E-state index contributed by atoms with van der Waals surface area (Å²) >= 11 is 0. The van der Waals surface area contributed by atoms with Crippen LogP contribution in [0.15, 0.2) is 48.8 Å². The smallest absolute Gasteiger partial charge is 0.124 e. The van der Waals surface area contributed by atoms with Crippen LogP contribution >= 0.6 is 0 Å². The van der Waals surface area contributed by atoms with Crippen LogP contribution in [0.4, 0.5) is 0 Å². The van der Waals surface area contributed by atoms with Crippen LogP contribution in [0.2, 0.25) is 0 Å². The molecule has 2 aliphatic rings. The third-order valence-corrected chi connectivity index (χ3v) is 8.49. The van der Waals surface area contributed by atoms with Crippen molar-refractivity contribution in [2.75, 3.05) is 20.1 Å². The number of aromatic amines is 1. The molecule has 6 nitrogen and oxygen atoms in total. The molecular weight excluding hydrogens is 448 g/mol. The van der Waals surface area contributed by atoms with Crippen LogP contribution in [0.25, 0.3) is 11.3 Å². The lowest BCUT2D eigenvalue weighted by Crippen LogP contribution is -2.63. The summed E-state index contributed by atoms with van der Waals surface area (Å²) < 4.78 is 0. The van der Waals surface area contributed by atoms with Crippen LogP contribution in [-0.4, -0.2) is 56.0 Å². The van der Waals surface area contributed by atoms with E-state index in [1.165, 1.54) is 12.0 Å². The highest BCUT2D eigenvalue weighted by molar-refractivity contribution is 5.60. The van der Waals surface area contributed by atoms with E-state index < -0.39 is 11.2 Å². The number of aliphatic hydroxyl groups is 2. The van der Waals surface area contributed by atoms with Crippen LogP contribution in [0.1, 0.15) is 81.2 Å². The Labute approximate surface area is 214 Å². The molecular formula is C30H40N4O2. The van der Waals surface area contributed by atoms with Crippen molar-refractivity contribution >= 4 is 0 Å². The van der Waals surface area contributed by atoms with E-state index in [4.69, 9.17) is 0 Å².